The first-order valence-corrected chi connectivity index (χ1v) is 16.1. The van der Waals surface area contributed by atoms with Crippen LogP contribution < -0.4 is 9.64 Å². The van der Waals surface area contributed by atoms with Crippen LogP contribution in [0.25, 0.3) is 0 Å². The van der Waals surface area contributed by atoms with Gasteiger partial charge in [0.2, 0.25) is 0 Å². The van der Waals surface area contributed by atoms with Gasteiger partial charge in [-0.15, -0.1) is 13.2 Å². The molecule has 0 saturated heterocycles. The quantitative estimate of drug-likeness (QED) is 0.182. The Balaban J connectivity index is 2.02. The zero-order valence-corrected chi connectivity index (χ0v) is 26.2. The number of amides is 1. The van der Waals surface area contributed by atoms with Crippen LogP contribution >= 0.6 is 11.6 Å². The van der Waals surface area contributed by atoms with Crippen molar-refractivity contribution in [2.24, 2.45) is 16.2 Å². The Kier molecular flexibility index (Phi) is 13.4. The third-order valence-corrected chi connectivity index (χ3v) is 9.08. The summed E-state index contributed by atoms with van der Waals surface area (Å²) in [6, 6.07) is 11.5. The second kappa shape index (κ2) is 16.7. The molecule has 1 aliphatic heterocycles. The minimum atomic E-state index is -1.61. The average molecular weight is 600 g/mol. The second-order valence-corrected chi connectivity index (χ2v) is 12.3. The van der Waals surface area contributed by atoms with Gasteiger partial charge in [-0.3, -0.25) is 4.79 Å². The van der Waals surface area contributed by atoms with Gasteiger partial charge in [0.25, 0.3) is 5.91 Å². The average Bonchev–Trinajstić information content (AvgIpc) is 2.98. The van der Waals surface area contributed by atoms with E-state index < -0.39 is 16.5 Å². The molecular formula is C33H44ClN2O4S-. The third kappa shape index (κ3) is 9.73. The summed E-state index contributed by atoms with van der Waals surface area (Å²) in [7, 11) is 0.108. The smallest absolute Gasteiger partial charge is 0.254 e. The Labute approximate surface area is 253 Å². The molecule has 0 saturated carbocycles. The van der Waals surface area contributed by atoms with Gasteiger partial charge in [0.1, 0.15) is 5.75 Å². The van der Waals surface area contributed by atoms with Gasteiger partial charge in [-0.25, -0.2) is 0 Å². The van der Waals surface area contributed by atoms with Crippen LogP contribution in [0.4, 0.5) is 5.69 Å². The Morgan fingerprint density at radius 3 is 2.73 bits per heavy atom. The highest BCUT2D eigenvalue weighted by molar-refractivity contribution is 7.75. The van der Waals surface area contributed by atoms with Crippen LogP contribution in [-0.2, 0) is 32.5 Å². The molecule has 0 N–H and O–H groups in total. The monoisotopic (exact) mass is 599 g/mol. The summed E-state index contributed by atoms with van der Waals surface area (Å²) in [5, 5.41) is 0.728. The number of aryl methyl sites for hydroxylation is 1. The molecule has 0 fully saturated rings. The number of nitrogens with zero attached hydrogens (tertiary/aromatic N) is 2. The van der Waals surface area contributed by atoms with Crippen LogP contribution in [-0.4, -0.2) is 38.0 Å². The van der Waals surface area contributed by atoms with Crippen molar-refractivity contribution in [1.82, 2.24) is 0 Å². The standard InChI is InChI=1S/C33H44ClN2O4S/c1-6-11-24(4)23-41(38)35-33(37)27-14-16-32-30(21-27)36(18-17-25(7-2)31(8-3)39-5)22-28-13-15-29(34)20-26(28)12-9-10-19-40-32/h6,8,13-16,20-21,24-25,31H,1,3,7,9-12,17-19,22-23H2,2,4-5H3/q-1/t24-,25+,31-/m0/s1. The van der Waals surface area contributed by atoms with Gasteiger partial charge in [0.15, 0.2) is 0 Å². The highest BCUT2D eigenvalue weighted by Gasteiger charge is 2.22. The summed E-state index contributed by atoms with van der Waals surface area (Å²) >= 11 is 6.39. The van der Waals surface area contributed by atoms with Gasteiger partial charge in [-0.05, 0) is 79.5 Å². The number of anilines is 1. The molecule has 8 heteroatoms. The van der Waals surface area contributed by atoms with E-state index in [1.165, 1.54) is 11.1 Å². The Morgan fingerprint density at radius 2 is 2.02 bits per heavy atom. The van der Waals surface area contributed by atoms with Crippen molar-refractivity contribution in [2.75, 3.05) is 30.9 Å². The van der Waals surface area contributed by atoms with Crippen LogP contribution in [0, 0.1) is 11.8 Å². The molecule has 0 aliphatic carbocycles. The van der Waals surface area contributed by atoms with Gasteiger partial charge < -0.3 is 22.9 Å². The summed E-state index contributed by atoms with van der Waals surface area (Å²) < 4.78 is 28.6. The van der Waals surface area contributed by atoms with Crippen molar-refractivity contribution in [3.63, 3.8) is 0 Å². The van der Waals surface area contributed by atoms with Crippen LogP contribution in [0.3, 0.4) is 0 Å². The van der Waals surface area contributed by atoms with Crippen molar-refractivity contribution in [3.8, 4) is 5.75 Å². The van der Waals surface area contributed by atoms with Gasteiger partial charge in [0, 0.05) is 30.8 Å². The molecule has 3 rings (SSSR count). The number of carbonyl (C=O) groups excluding carboxylic acids is 1. The maximum absolute atomic E-state index is 13.2. The van der Waals surface area contributed by atoms with E-state index in [4.69, 9.17) is 21.1 Å². The highest BCUT2D eigenvalue weighted by atomic mass is 35.5. The number of carbonyl (C=O) groups is 1. The van der Waals surface area contributed by atoms with Gasteiger partial charge >= 0.3 is 0 Å². The highest BCUT2D eigenvalue weighted by Crippen LogP contribution is 2.34. The molecule has 0 unspecified atom stereocenters. The fourth-order valence-corrected chi connectivity index (χ4v) is 6.46. The predicted molar refractivity (Wildman–Crippen MR) is 170 cm³/mol. The lowest BCUT2D eigenvalue weighted by molar-refractivity contribution is 0.0846. The molecule has 0 radical (unpaired) electrons. The molecule has 1 heterocycles. The molecule has 0 aromatic heterocycles. The molecule has 41 heavy (non-hydrogen) atoms. The number of hydrogen-bond acceptors (Lipinski definition) is 6. The summed E-state index contributed by atoms with van der Waals surface area (Å²) in [5.41, 5.74) is 3.63. The molecule has 3 atom stereocenters. The molecule has 0 spiro atoms. The summed E-state index contributed by atoms with van der Waals surface area (Å²) in [6.07, 6.45) is 8.94. The van der Waals surface area contributed by atoms with E-state index in [1.807, 2.05) is 31.2 Å². The van der Waals surface area contributed by atoms with Crippen molar-refractivity contribution < 1.29 is 18.5 Å². The lowest BCUT2D eigenvalue weighted by Crippen LogP contribution is -2.30. The largest absolute Gasteiger partial charge is 0.491 e. The minimum absolute atomic E-state index is 0.0454. The third-order valence-electron chi connectivity index (χ3n) is 7.62. The summed E-state index contributed by atoms with van der Waals surface area (Å²) in [4.78, 5) is 15.4. The topological polar surface area (TPSA) is 68.2 Å². The first-order chi connectivity index (χ1) is 19.8. The molecule has 224 valence electrons. The molecule has 2 aromatic carbocycles. The van der Waals surface area contributed by atoms with Gasteiger partial charge in [-0.2, -0.15) is 10.6 Å². The van der Waals surface area contributed by atoms with Crippen molar-refractivity contribution in [1.29, 1.82) is 0 Å². The Bertz CT molecular complexity index is 1270. The maximum Gasteiger partial charge on any atom is 0.254 e. The zero-order chi connectivity index (χ0) is 29.8. The van der Waals surface area contributed by atoms with E-state index >= 15 is 0 Å². The van der Waals surface area contributed by atoms with E-state index in [0.717, 1.165) is 55.0 Å². The van der Waals surface area contributed by atoms with Crippen molar-refractivity contribution in [2.45, 2.75) is 65.0 Å². The molecule has 0 bridgehead atoms. The fourth-order valence-electron chi connectivity index (χ4n) is 5.27. The van der Waals surface area contributed by atoms with E-state index in [-0.39, 0.29) is 17.9 Å². The van der Waals surface area contributed by atoms with E-state index in [1.54, 1.807) is 19.3 Å². The van der Waals surface area contributed by atoms with E-state index in [0.29, 0.717) is 31.0 Å². The van der Waals surface area contributed by atoms with Crippen LogP contribution in [0.15, 0.2) is 66.1 Å². The van der Waals surface area contributed by atoms with Crippen LogP contribution in [0.5, 0.6) is 5.75 Å². The van der Waals surface area contributed by atoms with E-state index in [2.05, 4.69) is 41.5 Å². The van der Waals surface area contributed by atoms with Crippen molar-refractivity contribution in [3.05, 3.63) is 83.4 Å². The lowest BCUT2D eigenvalue weighted by Gasteiger charge is -2.31. The molecule has 2 aromatic rings. The minimum Gasteiger partial charge on any atom is -0.491 e. The second-order valence-electron chi connectivity index (χ2n) is 10.7. The first kappa shape index (κ1) is 32.9. The Hall–Kier alpha value is -2.61. The molecule has 1 amide bonds. The predicted octanol–water partition coefficient (Wildman–Crippen LogP) is 8.18. The number of ether oxygens (including phenoxy) is 2. The van der Waals surface area contributed by atoms with Gasteiger partial charge in [-0.1, -0.05) is 61.8 Å². The van der Waals surface area contributed by atoms with Gasteiger partial charge in [0.05, 0.1) is 18.4 Å². The molecular weight excluding hydrogens is 556 g/mol. The Morgan fingerprint density at radius 1 is 1.22 bits per heavy atom. The lowest BCUT2D eigenvalue weighted by atomic mass is 9.94. The SMILES string of the molecule is C=CC[C@H](C)C[S-](=O)=NC(=O)c1ccc2c(c1)N(CC[C@@H](CC)[C@H](C=C)OC)Cc1ccc(Cl)cc1CCCCO2. The number of allylic oxidation sites excluding steroid dienone is 1. The number of hydrogen-bond donors (Lipinski definition) is 0. The van der Waals surface area contributed by atoms with Crippen molar-refractivity contribution >= 4 is 33.8 Å². The zero-order valence-electron chi connectivity index (χ0n) is 24.6. The first-order valence-electron chi connectivity index (χ1n) is 14.5. The molecule has 1 aliphatic rings. The van der Waals surface area contributed by atoms with Crippen LogP contribution in [0.1, 0.15) is 67.4 Å². The summed E-state index contributed by atoms with van der Waals surface area (Å²) in [6.45, 7) is 13.7. The number of benzene rings is 2. The summed E-state index contributed by atoms with van der Waals surface area (Å²) in [5.74, 6) is 0.965. The normalized spacial score (nSPS) is 16.7. The van der Waals surface area contributed by atoms with E-state index in [9.17, 15) is 9.00 Å². The number of rotatable bonds is 12. The number of fused-ring (bicyclic) bond motifs is 2. The fraction of sp³-hybridized carbons (Fsp3) is 0.485. The number of methoxy groups -OCH3 is 1. The molecule has 6 nitrogen and oxygen atoms in total. The number of halogens is 1. The maximum atomic E-state index is 13.2. The van der Waals surface area contributed by atoms with Crippen LogP contribution in [0.2, 0.25) is 5.02 Å².